The van der Waals surface area contributed by atoms with E-state index in [1.54, 1.807) is 12.1 Å². The zero-order valence-electron chi connectivity index (χ0n) is 9.92. The van der Waals surface area contributed by atoms with Gasteiger partial charge in [0.2, 0.25) is 0 Å². The molecule has 2 nitrogen and oxygen atoms in total. The fourth-order valence-electron chi connectivity index (χ4n) is 1.78. The summed E-state index contributed by atoms with van der Waals surface area (Å²) in [5.74, 6) is 5.57. The first kappa shape index (κ1) is 13.2. The maximum atomic E-state index is 13.6. The van der Waals surface area contributed by atoms with E-state index in [1.165, 1.54) is 6.07 Å². The van der Waals surface area contributed by atoms with Crippen molar-refractivity contribution in [3.63, 3.8) is 0 Å². The van der Waals surface area contributed by atoms with E-state index in [9.17, 15) is 4.39 Å². The Labute approximate surface area is 111 Å². The molecule has 0 amide bonds. The van der Waals surface area contributed by atoms with Crippen LogP contribution in [0.5, 0.6) is 5.75 Å². The van der Waals surface area contributed by atoms with E-state index in [-0.39, 0.29) is 12.0 Å². The minimum atomic E-state index is -0.391. The van der Waals surface area contributed by atoms with Crippen molar-refractivity contribution in [2.24, 2.45) is 0 Å². The minimum absolute atomic E-state index is 0.128. The van der Waals surface area contributed by atoms with E-state index in [0.717, 1.165) is 19.4 Å². The van der Waals surface area contributed by atoms with Gasteiger partial charge in [-0.1, -0.05) is 11.8 Å². The van der Waals surface area contributed by atoms with Crippen LogP contribution in [0.15, 0.2) is 18.2 Å². The van der Waals surface area contributed by atoms with Crippen molar-refractivity contribution in [3.8, 4) is 17.6 Å². The summed E-state index contributed by atoms with van der Waals surface area (Å²) in [6.45, 7) is 1.25. The number of benzene rings is 1. The summed E-state index contributed by atoms with van der Waals surface area (Å²) >= 11 is 5.42. The lowest BCUT2D eigenvalue weighted by Gasteiger charge is -2.11. The highest BCUT2D eigenvalue weighted by Crippen LogP contribution is 2.18. The third kappa shape index (κ3) is 3.63. The lowest BCUT2D eigenvalue weighted by molar-refractivity contribution is 0.0678. The summed E-state index contributed by atoms with van der Waals surface area (Å²) in [4.78, 5) is 0. The summed E-state index contributed by atoms with van der Waals surface area (Å²) in [5, 5.41) is 0. The summed E-state index contributed by atoms with van der Waals surface area (Å²) in [6.07, 6.45) is 2.20. The molecule has 1 saturated heterocycles. The van der Waals surface area contributed by atoms with Crippen LogP contribution in [0.4, 0.5) is 4.39 Å². The largest absolute Gasteiger partial charge is 0.491 e. The van der Waals surface area contributed by atoms with Crippen molar-refractivity contribution in [2.45, 2.75) is 18.9 Å². The molecule has 0 N–H and O–H groups in total. The van der Waals surface area contributed by atoms with E-state index >= 15 is 0 Å². The summed E-state index contributed by atoms with van der Waals surface area (Å²) in [5.41, 5.74) is 0.333. The highest BCUT2D eigenvalue weighted by Gasteiger charge is 2.16. The van der Waals surface area contributed by atoms with E-state index in [0.29, 0.717) is 17.9 Å². The predicted octanol–water partition coefficient (Wildman–Crippen LogP) is 2.97. The first-order valence-electron chi connectivity index (χ1n) is 5.88. The molecule has 1 heterocycles. The minimum Gasteiger partial charge on any atom is -0.491 e. The zero-order valence-corrected chi connectivity index (χ0v) is 10.7. The Morgan fingerprint density at radius 2 is 2.39 bits per heavy atom. The first-order chi connectivity index (χ1) is 8.79. The average Bonchev–Trinajstić information content (AvgIpc) is 2.88. The maximum Gasteiger partial charge on any atom is 0.142 e. The number of hydrogen-bond donors (Lipinski definition) is 0. The summed E-state index contributed by atoms with van der Waals surface area (Å²) in [7, 11) is 0. The van der Waals surface area contributed by atoms with Gasteiger partial charge in [-0.05, 0) is 25.0 Å². The molecule has 1 aromatic carbocycles. The molecule has 0 aliphatic carbocycles. The van der Waals surface area contributed by atoms with Crippen LogP contribution in [0.3, 0.4) is 0 Å². The molecule has 18 heavy (non-hydrogen) atoms. The molecule has 96 valence electrons. The molecular formula is C14H14ClFO2. The van der Waals surface area contributed by atoms with Crippen molar-refractivity contribution in [2.75, 3.05) is 19.1 Å². The predicted molar refractivity (Wildman–Crippen MR) is 68.5 cm³/mol. The number of alkyl halides is 1. The molecular weight excluding hydrogens is 255 g/mol. The van der Waals surface area contributed by atoms with Gasteiger partial charge < -0.3 is 9.47 Å². The molecule has 1 unspecified atom stereocenters. The molecule has 0 saturated carbocycles. The normalized spacial score (nSPS) is 18.2. The summed E-state index contributed by atoms with van der Waals surface area (Å²) < 4.78 is 24.5. The molecule has 1 aliphatic heterocycles. The van der Waals surface area contributed by atoms with Crippen molar-refractivity contribution >= 4 is 11.6 Å². The third-order valence-electron chi connectivity index (χ3n) is 2.69. The molecule has 0 aromatic heterocycles. The average molecular weight is 269 g/mol. The van der Waals surface area contributed by atoms with E-state index < -0.39 is 5.82 Å². The third-order valence-corrected chi connectivity index (χ3v) is 2.82. The monoisotopic (exact) mass is 268 g/mol. The van der Waals surface area contributed by atoms with Gasteiger partial charge in [-0.3, -0.25) is 0 Å². The fraction of sp³-hybridized carbons (Fsp3) is 0.429. The van der Waals surface area contributed by atoms with Crippen LogP contribution in [-0.2, 0) is 4.74 Å². The SMILES string of the molecule is Fc1cc(OCC2CCCO2)ccc1C#CCCl. The van der Waals surface area contributed by atoms with Crippen LogP contribution in [0.25, 0.3) is 0 Å². The molecule has 1 atom stereocenters. The Hall–Kier alpha value is -1.24. The summed E-state index contributed by atoms with van der Waals surface area (Å²) in [6, 6.07) is 4.64. The van der Waals surface area contributed by atoms with Crippen LogP contribution < -0.4 is 4.74 Å². The lowest BCUT2D eigenvalue weighted by atomic mass is 10.2. The van der Waals surface area contributed by atoms with Gasteiger partial charge in [0.05, 0.1) is 17.5 Å². The van der Waals surface area contributed by atoms with Gasteiger partial charge in [0.15, 0.2) is 0 Å². The Balaban J connectivity index is 1.95. The Morgan fingerprint density at radius 3 is 3.06 bits per heavy atom. The molecule has 2 rings (SSSR count). The van der Waals surface area contributed by atoms with Crippen LogP contribution in [0.1, 0.15) is 18.4 Å². The Morgan fingerprint density at radius 1 is 1.50 bits per heavy atom. The van der Waals surface area contributed by atoms with Gasteiger partial charge in [0, 0.05) is 12.7 Å². The molecule has 0 spiro atoms. The van der Waals surface area contributed by atoms with Crippen molar-refractivity contribution < 1.29 is 13.9 Å². The number of ether oxygens (including phenoxy) is 2. The molecule has 1 aromatic rings. The van der Waals surface area contributed by atoms with Crippen LogP contribution in [0.2, 0.25) is 0 Å². The standard InChI is InChI=1S/C14H14ClFO2/c15-7-1-3-11-5-6-12(9-14(11)16)18-10-13-4-2-8-17-13/h5-6,9,13H,2,4,7-8,10H2. The van der Waals surface area contributed by atoms with Gasteiger partial charge in [0.1, 0.15) is 18.2 Å². The van der Waals surface area contributed by atoms with Crippen molar-refractivity contribution in [1.82, 2.24) is 0 Å². The van der Waals surface area contributed by atoms with E-state index in [4.69, 9.17) is 21.1 Å². The van der Waals surface area contributed by atoms with Crippen LogP contribution >= 0.6 is 11.6 Å². The quantitative estimate of drug-likeness (QED) is 0.620. The topological polar surface area (TPSA) is 18.5 Å². The Kier molecular flexibility index (Phi) is 4.86. The van der Waals surface area contributed by atoms with Crippen molar-refractivity contribution in [1.29, 1.82) is 0 Å². The maximum absolute atomic E-state index is 13.6. The van der Waals surface area contributed by atoms with Gasteiger partial charge in [0.25, 0.3) is 0 Å². The molecule has 1 fully saturated rings. The van der Waals surface area contributed by atoms with Crippen molar-refractivity contribution in [3.05, 3.63) is 29.6 Å². The lowest BCUT2D eigenvalue weighted by Crippen LogP contribution is -2.16. The molecule has 4 heteroatoms. The number of hydrogen-bond acceptors (Lipinski definition) is 2. The second-order valence-electron chi connectivity index (χ2n) is 4.02. The van der Waals surface area contributed by atoms with Crippen LogP contribution in [0, 0.1) is 17.7 Å². The molecule has 1 aliphatic rings. The molecule has 0 bridgehead atoms. The van der Waals surface area contributed by atoms with Gasteiger partial charge in [-0.2, -0.15) is 0 Å². The van der Waals surface area contributed by atoms with Crippen LogP contribution in [-0.4, -0.2) is 25.2 Å². The number of halogens is 2. The first-order valence-corrected chi connectivity index (χ1v) is 6.42. The van der Waals surface area contributed by atoms with Gasteiger partial charge in [-0.25, -0.2) is 4.39 Å². The van der Waals surface area contributed by atoms with Gasteiger partial charge in [-0.15, -0.1) is 11.6 Å². The smallest absolute Gasteiger partial charge is 0.142 e. The van der Waals surface area contributed by atoms with E-state index in [2.05, 4.69) is 11.8 Å². The van der Waals surface area contributed by atoms with Gasteiger partial charge >= 0.3 is 0 Å². The second kappa shape index (κ2) is 6.63. The zero-order chi connectivity index (χ0) is 12.8. The van der Waals surface area contributed by atoms with E-state index in [1.807, 2.05) is 0 Å². The molecule has 0 radical (unpaired) electrons. The second-order valence-corrected chi connectivity index (χ2v) is 4.29. The Bertz CT molecular complexity index is 459. The fourth-order valence-corrected chi connectivity index (χ4v) is 1.85. The number of rotatable bonds is 3. The highest BCUT2D eigenvalue weighted by atomic mass is 35.5. The highest BCUT2D eigenvalue weighted by molar-refractivity contribution is 6.19.